The molecule has 0 saturated heterocycles. The van der Waals surface area contributed by atoms with E-state index in [-0.39, 0.29) is 18.1 Å². The lowest BCUT2D eigenvalue weighted by Gasteiger charge is -2.22. The number of thiazole rings is 1. The van der Waals surface area contributed by atoms with Gasteiger partial charge in [-0.1, -0.05) is 54.4 Å². The largest absolute Gasteiger partial charge is 0.508 e. The Morgan fingerprint density at radius 2 is 1.89 bits per heavy atom. The summed E-state index contributed by atoms with van der Waals surface area (Å²) in [5.74, 6) is 0.185. The highest BCUT2D eigenvalue weighted by atomic mass is 32.2. The standard InChI is InChI=1S/C23H24N2O3S.C4H9NS/c1-17-21(16-26)24-22(29-17)15-25(13-5-8-18-6-3-2-4-7-18)23(28)14-19-9-11-20(27)12-10-19;1-5-6-4-2-3-4/h2-4,6-7,9-12,16,27H,5,8,13-15H2,1H3;4-5H,2-3H2,1H3. The second-order valence-corrected chi connectivity index (χ2v) is 11.0. The van der Waals surface area contributed by atoms with Gasteiger partial charge in [0.2, 0.25) is 5.91 Å². The minimum absolute atomic E-state index is 0.00394. The molecular formula is C27H33N3O3S2. The van der Waals surface area contributed by atoms with Gasteiger partial charge >= 0.3 is 0 Å². The second kappa shape index (κ2) is 14.0. The number of aromatic nitrogens is 1. The molecule has 0 aliphatic heterocycles. The van der Waals surface area contributed by atoms with Gasteiger partial charge in [0.25, 0.3) is 0 Å². The van der Waals surface area contributed by atoms with Gasteiger partial charge in [0.05, 0.1) is 13.0 Å². The van der Waals surface area contributed by atoms with Crippen molar-refractivity contribution in [3.63, 3.8) is 0 Å². The molecule has 8 heteroatoms. The fraction of sp³-hybridized carbons (Fsp3) is 0.370. The zero-order valence-electron chi connectivity index (χ0n) is 20.3. The van der Waals surface area contributed by atoms with Gasteiger partial charge in [-0.2, -0.15) is 0 Å². The predicted octanol–water partition coefficient (Wildman–Crippen LogP) is 5.19. The second-order valence-electron chi connectivity index (χ2n) is 8.44. The summed E-state index contributed by atoms with van der Waals surface area (Å²) in [4.78, 5) is 31.1. The number of phenols is 1. The summed E-state index contributed by atoms with van der Waals surface area (Å²) in [6, 6.07) is 16.9. The van der Waals surface area contributed by atoms with Crippen LogP contribution in [0.4, 0.5) is 0 Å². The highest BCUT2D eigenvalue weighted by molar-refractivity contribution is 7.98. The Kier molecular flexibility index (Phi) is 10.8. The van der Waals surface area contributed by atoms with Crippen molar-refractivity contribution >= 4 is 35.5 Å². The summed E-state index contributed by atoms with van der Waals surface area (Å²) in [7, 11) is 1.98. The molecule has 1 heterocycles. The van der Waals surface area contributed by atoms with Crippen LogP contribution >= 0.6 is 23.3 Å². The molecule has 2 N–H and O–H groups in total. The molecule has 4 rings (SSSR count). The van der Waals surface area contributed by atoms with Gasteiger partial charge in [0.15, 0.2) is 6.29 Å². The maximum atomic E-state index is 13.0. The SMILES string of the molecule is CNSC1CC1.Cc1sc(CN(CCCc2ccccc2)C(=O)Cc2ccc(O)cc2)nc1C=O. The molecule has 0 bridgehead atoms. The Morgan fingerprint density at radius 3 is 2.46 bits per heavy atom. The van der Waals surface area contributed by atoms with Gasteiger partial charge in [-0.25, -0.2) is 4.98 Å². The van der Waals surface area contributed by atoms with Gasteiger partial charge in [-0.15, -0.1) is 11.3 Å². The highest BCUT2D eigenvalue weighted by Crippen LogP contribution is 2.31. The summed E-state index contributed by atoms with van der Waals surface area (Å²) in [6.45, 7) is 2.87. The van der Waals surface area contributed by atoms with Crippen LogP contribution in [0.25, 0.3) is 0 Å². The minimum Gasteiger partial charge on any atom is -0.508 e. The molecule has 2 aromatic carbocycles. The number of aryl methyl sites for hydroxylation is 2. The van der Waals surface area contributed by atoms with Crippen LogP contribution in [-0.2, 0) is 24.2 Å². The molecule has 0 spiro atoms. The first-order chi connectivity index (χ1) is 17.0. The number of benzene rings is 2. The molecule has 1 amide bonds. The summed E-state index contributed by atoms with van der Waals surface area (Å²) in [6.07, 6.45) is 5.59. The molecule has 0 atom stereocenters. The van der Waals surface area contributed by atoms with E-state index in [4.69, 9.17) is 0 Å². The molecule has 1 aromatic heterocycles. The van der Waals surface area contributed by atoms with Gasteiger partial charge < -0.3 is 10.0 Å². The average Bonchev–Trinajstić information content (AvgIpc) is 3.61. The molecule has 1 saturated carbocycles. The van der Waals surface area contributed by atoms with E-state index >= 15 is 0 Å². The number of carbonyl (C=O) groups is 2. The first kappa shape index (κ1) is 26.9. The molecule has 0 unspecified atom stereocenters. The van der Waals surface area contributed by atoms with Crippen molar-refractivity contribution in [1.82, 2.24) is 14.6 Å². The lowest BCUT2D eigenvalue weighted by Crippen LogP contribution is -2.33. The molecule has 6 nitrogen and oxygen atoms in total. The number of nitrogens with one attached hydrogen (secondary N) is 1. The molecule has 1 aliphatic rings. The molecule has 186 valence electrons. The third-order valence-electron chi connectivity index (χ3n) is 5.50. The van der Waals surface area contributed by atoms with Crippen molar-refractivity contribution in [2.45, 2.75) is 50.8 Å². The van der Waals surface area contributed by atoms with Crippen LogP contribution in [0.1, 0.15) is 50.8 Å². The zero-order valence-corrected chi connectivity index (χ0v) is 21.9. The molecular weight excluding hydrogens is 478 g/mol. The van der Waals surface area contributed by atoms with Crippen molar-refractivity contribution in [3.8, 4) is 5.75 Å². The Hall–Kier alpha value is -2.68. The normalized spacial score (nSPS) is 12.5. The Labute approximate surface area is 215 Å². The third kappa shape index (κ3) is 9.47. The van der Waals surface area contributed by atoms with Crippen LogP contribution in [0, 0.1) is 6.92 Å². The van der Waals surface area contributed by atoms with Crippen molar-refractivity contribution in [2.75, 3.05) is 13.6 Å². The van der Waals surface area contributed by atoms with Gasteiger partial charge in [0.1, 0.15) is 16.5 Å². The third-order valence-corrected chi connectivity index (χ3v) is 7.52. The number of hydrogen-bond donors (Lipinski definition) is 2. The number of aldehydes is 1. The maximum Gasteiger partial charge on any atom is 0.227 e. The predicted molar refractivity (Wildman–Crippen MR) is 144 cm³/mol. The number of amides is 1. The Balaban J connectivity index is 0.000000497. The van der Waals surface area contributed by atoms with E-state index < -0.39 is 0 Å². The van der Waals surface area contributed by atoms with Crippen LogP contribution in [0.5, 0.6) is 5.75 Å². The van der Waals surface area contributed by atoms with E-state index in [0.29, 0.717) is 18.8 Å². The van der Waals surface area contributed by atoms with E-state index in [2.05, 4.69) is 21.8 Å². The summed E-state index contributed by atoms with van der Waals surface area (Å²) < 4.78 is 3.05. The maximum absolute atomic E-state index is 13.0. The fourth-order valence-electron chi connectivity index (χ4n) is 3.47. The minimum atomic E-state index is 0.00394. The first-order valence-electron chi connectivity index (χ1n) is 11.8. The highest BCUT2D eigenvalue weighted by Gasteiger charge is 2.20. The van der Waals surface area contributed by atoms with Crippen LogP contribution in [-0.4, -0.2) is 46.0 Å². The molecule has 0 radical (unpaired) electrons. The fourth-order valence-corrected chi connectivity index (χ4v) is 5.09. The van der Waals surface area contributed by atoms with Crippen LogP contribution in [0.2, 0.25) is 0 Å². The van der Waals surface area contributed by atoms with E-state index in [1.54, 1.807) is 24.3 Å². The number of rotatable bonds is 11. The van der Waals surface area contributed by atoms with Crippen LogP contribution in [0.3, 0.4) is 0 Å². The number of nitrogens with zero attached hydrogens (tertiary/aromatic N) is 2. The van der Waals surface area contributed by atoms with Crippen LogP contribution < -0.4 is 4.72 Å². The monoisotopic (exact) mass is 511 g/mol. The van der Waals surface area contributed by atoms with Crippen molar-refractivity contribution < 1.29 is 14.7 Å². The number of carbonyl (C=O) groups excluding carboxylic acids is 2. The number of hydrogen-bond acceptors (Lipinski definition) is 7. The molecule has 35 heavy (non-hydrogen) atoms. The van der Waals surface area contributed by atoms with Gasteiger partial charge in [-0.3, -0.25) is 14.3 Å². The zero-order chi connectivity index (χ0) is 25.0. The Morgan fingerprint density at radius 1 is 1.17 bits per heavy atom. The molecule has 3 aromatic rings. The number of phenolic OH excluding ortho intramolecular Hbond substituents is 1. The first-order valence-corrected chi connectivity index (χ1v) is 13.5. The summed E-state index contributed by atoms with van der Waals surface area (Å²) in [5, 5.41) is 11.2. The molecule has 1 aliphatic carbocycles. The average molecular weight is 512 g/mol. The number of aromatic hydroxyl groups is 1. The van der Waals surface area contributed by atoms with Gasteiger partial charge in [-0.05, 0) is 62.9 Å². The van der Waals surface area contributed by atoms with Gasteiger partial charge in [0, 0.05) is 16.7 Å². The van der Waals surface area contributed by atoms with E-state index in [1.807, 2.05) is 49.0 Å². The quantitative estimate of drug-likeness (QED) is 0.272. The summed E-state index contributed by atoms with van der Waals surface area (Å²) in [5.41, 5.74) is 2.54. The van der Waals surface area contributed by atoms with E-state index in [1.165, 1.54) is 29.7 Å². The topological polar surface area (TPSA) is 82.5 Å². The van der Waals surface area contributed by atoms with Crippen molar-refractivity contribution in [2.24, 2.45) is 0 Å². The van der Waals surface area contributed by atoms with E-state index in [9.17, 15) is 14.7 Å². The summed E-state index contributed by atoms with van der Waals surface area (Å²) >= 11 is 3.30. The van der Waals surface area contributed by atoms with Crippen LogP contribution in [0.15, 0.2) is 54.6 Å². The van der Waals surface area contributed by atoms with E-state index in [0.717, 1.165) is 39.8 Å². The Bertz CT molecular complexity index is 1070. The lowest BCUT2D eigenvalue weighted by molar-refractivity contribution is -0.131. The lowest BCUT2D eigenvalue weighted by atomic mass is 10.1. The smallest absolute Gasteiger partial charge is 0.227 e. The van der Waals surface area contributed by atoms with Crippen molar-refractivity contribution in [3.05, 3.63) is 81.3 Å². The molecule has 1 fully saturated rings. The van der Waals surface area contributed by atoms with Crippen molar-refractivity contribution in [1.29, 1.82) is 0 Å².